The van der Waals surface area contributed by atoms with E-state index in [0.29, 0.717) is 17.9 Å². The van der Waals surface area contributed by atoms with Gasteiger partial charge in [-0.25, -0.2) is 4.57 Å². The Morgan fingerprint density at radius 3 is 2.68 bits per heavy atom. The first-order valence-electron chi connectivity index (χ1n) is 6.71. The summed E-state index contributed by atoms with van der Waals surface area (Å²) in [4.78, 5) is 12.3. The number of benzene rings is 2. The number of anilines is 1. The zero-order valence-corrected chi connectivity index (χ0v) is 11.7. The minimum absolute atomic E-state index is 0.0561. The van der Waals surface area contributed by atoms with Crippen LogP contribution in [0, 0.1) is 0 Å². The molecule has 3 aromatic rings. The number of ether oxygens (including phenoxy) is 1. The summed E-state index contributed by atoms with van der Waals surface area (Å²) in [5, 5.41) is 7.20. The van der Waals surface area contributed by atoms with Crippen LogP contribution < -0.4 is 10.5 Å². The molecule has 0 saturated heterocycles. The smallest absolute Gasteiger partial charge is 0.266 e. The fourth-order valence-electron chi connectivity index (χ4n) is 2.00. The molecule has 0 radical (unpaired) electrons. The van der Waals surface area contributed by atoms with E-state index in [-0.39, 0.29) is 11.9 Å². The van der Waals surface area contributed by atoms with Gasteiger partial charge in [-0.05, 0) is 23.8 Å². The van der Waals surface area contributed by atoms with Crippen molar-refractivity contribution in [1.82, 2.24) is 14.8 Å². The fraction of sp³-hybridized carbons (Fsp3) is 0.0625. The maximum Gasteiger partial charge on any atom is 0.266 e. The largest absolute Gasteiger partial charge is 0.489 e. The van der Waals surface area contributed by atoms with Crippen molar-refractivity contribution in [3.05, 3.63) is 72.1 Å². The van der Waals surface area contributed by atoms with Crippen LogP contribution in [0.5, 0.6) is 5.75 Å². The lowest BCUT2D eigenvalue weighted by atomic mass is 10.2. The van der Waals surface area contributed by atoms with Crippen LogP contribution in [0.4, 0.5) is 5.95 Å². The van der Waals surface area contributed by atoms with E-state index >= 15 is 0 Å². The van der Waals surface area contributed by atoms with Gasteiger partial charge in [0, 0.05) is 5.56 Å². The van der Waals surface area contributed by atoms with Gasteiger partial charge in [-0.15, -0.1) is 10.2 Å². The van der Waals surface area contributed by atoms with Crippen molar-refractivity contribution in [3.63, 3.8) is 0 Å². The average Bonchev–Trinajstić information content (AvgIpc) is 2.99. The number of carbonyl (C=O) groups is 1. The van der Waals surface area contributed by atoms with E-state index < -0.39 is 0 Å². The maximum absolute atomic E-state index is 12.3. The Morgan fingerprint density at radius 1 is 1.14 bits per heavy atom. The van der Waals surface area contributed by atoms with Gasteiger partial charge in [0.05, 0.1) is 0 Å². The summed E-state index contributed by atoms with van der Waals surface area (Å²) < 4.78 is 6.90. The van der Waals surface area contributed by atoms with Gasteiger partial charge in [0.25, 0.3) is 5.91 Å². The molecule has 0 bridgehead atoms. The molecule has 0 amide bonds. The summed E-state index contributed by atoms with van der Waals surface area (Å²) >= 11 is 0. The Balaban J connectivity index is 1.75. The molecule has 3 rings (SSSR count). The van der Waals surface area contributed by atoms with Gasteiger partial charge >= 0.3 is 0 Å². The van der Waals surface area contributed by atoms with Crippen molar-refractivity contribution in [2.24, 2.45) is 0 Å². The first-order chi connectivity index (χ1) is 10.7. The number of rotatable bonds is 4. The van der Waals surface area contributed by atoms with Gasteiger partial charge in [-0.2, -0.15) is 0 Å². The summed E-state index contributed by atoms with van der Waals surface area (Å²) in [7, 11) is 0. The molecule has 0 unspecified atom stereocenters. The Hall–Kier alpha value is -3.15. The van der Waals surface area contributed by atoms with Crippen LogP contribution >= 0.6 is 0 Å². The Morgan fingerprint density at radius 2 is 1.95 bits per heavy atom. The predicted molar refractivity (Wildman–Crippen MR) is 81.4 cm³/mol. The molecule has 2 N–H and O–H groups in total. The standard InChI is InChI=1S/C16H14N4O2/c17-16-19-18-11-20(16)15(21)13-7-4-8-14(9-13)22-10-12-5-2-1-3-6-12/h1-9,11H,10H2,(H2,17,19). The van der Waals surface area contributed by atoms with Crippen molar-refractivity contribution in [2.45, 2.75) is 6.61 Å². The van der Waals surface area contributed by atoms with E-state index in [0.717, 1.165) is 5.56 Å². The van der Waals surface area contributed by atoms with E-state index in [1.54, 1.807) is 24.3 Å². The van der Waals surface area contributed by atoms with Gasteiger partial charge in [-0.3, -0.25) is 4.79 Å². The molecule has 0 aliphatic rings. The fourth-order valence-corrected chi connectivity index (χ4v) is 2.00. The first-order valence-corrected chi connectivity index (χ1v) is 6.71. The second kappa shape index (κ2) is 6.09. The highest BCUT2D eigenvalue weighted by Crippen LogP contribution is 2.16. The topological polar surface area (TPSA) is 83.0 Å². The quantitative estimate of drug-likeness (QED) is 0.797. The van der Waals surface area contributed by atoms with Crippen molar-refractivity contribution < 1.29 is 9.53 Å². The maximum atomic E-state index is 12.3. The SMILES string of the molecule is Nc1nncn1C(=O)c1cccc(OCc2ccccc2)c1. The molecule has 22 heavy (non-hydrogen) atoms. The molecule has 0 aliphatic carbocycles. The number of aromatic nitrogens is 3. The number of hydrogen-bond donors (Lipinski definition) is 1. The van der Waals surface area contributed by atoms with Crippen LogP contribution in [0.2, 0.25) is 0 Å². The van der Waals surface area contributed by atoms with Crippen LogP contribution in [0.15, 0.2) is 60.9 Å². The molecular formula is C16H14N4O2. The summed E-state index contributed by atoms with van der Waals surface area (Å²) in [5.41, 5.74) is 7.10. The molecule has 0 fully saturated rings. The van der Waals surface area contributed by atoms with Crippen LogP contribution in [-0.2, 0) is 6.61 Å². The van der Waals surface area contributed by atoms with E-state index in [1.165, 1.54) is 10.9 Å². The third-order valence-electron chi connectivity index (χ3n) is 3.12. The summed E-state index contributed by atoms with van der Waals surface area (Å²) in [5.74, 6) is 0.370. The molecule has 6 nitrogen and oxygen atoms in total. The summed E-state index contributed by atoms with van der Waals surface area (Å²) in [6.45, 7) is 0.438. The van der Waals surface area contributed by atoms with Crippen molar-refractivity contribution in [1.29, 1.82) is 0 Å². The number of nitrogen functional groups attached to an aromatic ring is 1. The molecule has 6 heteroatoms. The minimum atomic E-state index is -0.298. The predicted octanol–water partition coefficient (Wildman–Crippen LogP) is 2.13. The molecule has 0 aliphatic heterocycles. The molecule has 1 heterocycles. The van der Waals surface area contributed by atoms with E-state index in [1.807, 2.05) is 30.3 Å². The highest BCUT2D eigenvalue weighted by atomic mass is 16.5. The van der Waals surface area contributed by atoms with E-state index in [9.17, 15) is 4.79 Å². The van der Waals surface area contributed by atoms with Gasteiger partial charge in [0.1, 0.15) is 18.7 Å². The van der Waals surface area contributed by atoms with Crippen molar-refractivity contribution >= 4 is 11.9 Å². The molecule has 0 atom stereocenters. The van der Waals surface area contributed by atoms with Crippen molar-refractivity contribution in [3.8, 4) is 5.75 Å². The average molecular weight is 294 g/mol. The normalized spacial score (nSPS) is 10.4. The van der Waals surface area contributed by atoms with Crippen LogP contribution in [-0.4, -0.2) is 20.7 Å². The molecular weight excluding hydrogens is 280 g/mol. The lowest BCUT2D eigenvalue weighted by molar-refractivity contribution is 0.0961. The first kappa shape index (κ1) is 13.8. The summed E-state index contributed by atoms with van der Waals surface area (Å²) in [6.07, 6.45) is 1.29. The second-order valence-electron chi connectivity index (χ2n) is 4.67. The zero-order chi connectivity index (χ0) is 15.4. The second-order valence-corrected chi connectivity index (χ2v) is 4.67. The monoisotopic (exact) mass is 294 g/mol. The Kier molecular flexibility index (Phi) is 3.82. The van der Waals surface area contributed by atoms with Crippen LogP contribution in [0.3, 0.4) is 0 Å². The van der Waals surface area contributed by atoms with Crippen LogP contribution in [0.25, 0.3) is 0 Å². The number of hydrogen-bond acceptors (Lipinski definition) is 5. The van der Waals surface area contributed by atoms with E-state index in [4.69, 9.17) is 10.5 Å². The molecule has 0 saturated carbocycles. The van der Waals surface area contributed by atoms with Crippen LogP contribution in [0.1, 0.15) is 15.9 Å². The highest BCUT2D eigenvalue weighted by Gasteiger charge is 2.12. The zero-order valence-electron chi connectivity index (χ0n) is 11.7. The molecule has 0 spiro atoms. The minimum Gasteiger partial charge on any atom is -0.489 e. The number of carbonyl (C=O) groups excluding carboxylic acids is 1. The Labute approximate surface area is 127 Å². The number of nitrogens with two attached hydrogens (primary N) is 1. The molecule has 2 aromatic carbocycles. The van der Waals surface area contributed by atoms with Gasteiger partial charge in [0.15, 0.2) is 0 Å². The Bertz CT molecular complexity index is 784. The van der Waals surface area contributed by atoms with E-state index in [2.05, 4.69) is 10.2 Å². The third kappa shape index (κ3) is 2.95. The molecule has 110 valence electrons. The number of nitrogens with zero attached hydrogens (tertiary/aromatic N) is 3. The van der Waals surface area contributed by atoms with Gasteiger partial charge in [0.2, 0.25) is 5.95 Å². The highest BCUT2D eigenvalue weighted by molar-refractivity contribution is 5.97. The lowest BCUT2D eigenvalue weighted by Crippen LogP contribution is -2.14. The van der Waals surface area contributed by atoms with Gasteiger partial charge < -0.3 is 10.5 Å². The third-order valence-corrected chi connectivity index (χ3v) is 3.12. The summed E-state index contributed by atoms with van der Waals surface area (Å²) in [6, 6.07) is 16.7. The van der Waals surface area contributed by atoms with Gasteiger partial charge in [-0.1, -0.05) is 36.4 Å². The lowest BCUT2D eigenvalue weighted by Gasteiger charge is -2.08. The molecule has 1 aromatic heterocycles. The van der Waals surface area contributed by atoms with Crippen molar-refractivity contribution in [2.75, 3.05) is 5.73 Å².